The minimum Gasteiger partial charge on any atom is -0.389 e. The number of aliphatic hydroxyl groups is 1. The summed E-state index contributed by atoms with van der Waals surface area (Å²) in [5, 5.41) is 11.1. The maximum atomic E-state index is 9.88. The zero-order valence-electron chi connectivity index (χ0n) is 11.0. The molecule has 1 aromatic carbocycles. The van der Waals surface area contributed by atoms with Gasteiger partial charge in [-0.25, -0.2) is 0 Å². The van der Waals surface area contributed by atoms with Crippen LogP contribution in [0.4, 0.5) is 0 Å². The highest BCUT2D eigenvalue weighted by Crippen LogP contribution is 2.31. The second kappa shape index (κ2) is 4.77. The standard InChI is InChI=1S/C16H21NO/c1-12(18)15-11-17(10-13-6-2-3-7-13)16-9-5-4-8-14(15)16/h4-5,8-9,11-13,18H,2-3,6-7,10H2,1H3. The molecular formula is C16H21NO. The van der Waals surface area contributed by atoms with E-state index in [-0.39, 0.29) is 6.10 Å². The van der Waals surface area contributed by atoms with Gasteiger partial charge >= 0.3 is 0 Å². The predicted molar refractivity (Wildman–Crippen MR) is 74.5 cm³/mol. The topological polar surface area (TPSA) is 25.2 Å². The van der Waals surface area contributed by atoms with E-state index < -0.39 is 0 Å². The smallest absolute Gasteiger partial charge is 0.0782 e. The van der Waals surface area contributed by atoms with Crippen molar-refractivity contribution >= 4 is 10.9 Å². The fourth-order valence-corrected chi connectivity index (χ4v) is 3.23. The van der Waals surface area contributed by atoms with Gasteiger partial charge in [0.1, 0.15) is 0 Å². The third-order valence-electron chi connectivity index (χ3n) is 4.20. The summed E-state index contributed by atoms with van der Waals surface area (Å²) < 4.78 is 2.34. The molecule has 2 heteroatoms. The molecule has 1 saturated carbocycles. The zero-order valence-corrected chi connectivity index (χ0v) is 11.0. The lowest BCUT2D eigenvalue weighted by Crippen LogP contribution is -2.06. The second-order valence-electron chi connectivity index (χ2n) is 5.58. The van der Waals surface area contributed by atoms with Crippen molar-refractivity contribution in [1.29, 1.82) is 0 Å². The summed E-state index contributed by atoms with van der Waals surface area (Å²) in [6.07, 6.45) is 7.24. The summed E-state index contributed by atoms with van der Waals surface area (Å²) in [5.74, 6) is 0.822. The molecule has 2 nitrogen and oxygen atoms in total. The number of aromatic nitrogens is 1. The number of rotatable bonds is 3. The Morgan fingerprint density at radius 1 is 1.28 bits per heavy atom. The molecule has 0 amide bonds. The van der Waals surface area contributed by atoms with Gasteiger partial charge in [0.15, 0.2) is 0 Å². The summed E-state index contributed by atoms with van der Waals surface area (Å²) in [6.45, 7) is 2.95. The lowest BCUT2D eigenvalue weighted by molar-refractivity contribution is 0.200. The van der Waals surface area contributed by atoms with E-state index in [0.717, 1.165) is 18.0 Å². The Bertz CT molecular complexity index is 535. The van der Waals surface area contributed by atoms with Crippen molar-refractivity contribution in [2.45, 2.75) is 45.3 Å². The lowest BCUT2D eigenvalue weighted by Gasteiger charge is -2.11. The van der Waals surface area contributed by atoms with Crippen molar-refractivity contribution in [2.75, 3.05) is 0 Å². The first kappa shape index (κ1) is 11.8. The summed E-state index contributed by atoms with van der Waals surface area (Å²) in [6, 6.07) is 8.41. The normalized spacial score (nSPS) is 18.6. The minimum absolute atomic E-state index is 0.389. The van der Waals surface area contributed by atoms with Gasteiger partial charge in [-0.1, -0.05) is 31.0 Å². The van der Waals surface area contributed by atoms with Crippen LogP contribution in [-0.2, 0) is 6.54 Å². The zero-order chi connectivity index (χ0) is 12.5. The Hall–Kier alpha value is -1.28. The number of hydrogen-bond donors (Lipinski definition) is 1. The van der Waals surface area contributed by atoms with Crippen LogP contribution in [0.25, 0.3) is 10.9 Å². The number of fused-ring (bicyclic) bond motifs is 1. The van der Waals surface area contributed by atoms with E-state index in [2.05, 4.69) is 29.0 Å². The molecule has 18 heavy (non-hydrogen) atoms. The van der Waals surface area contributed by atoms with Crippen LogP contribution in [0, 0.1) is 5.92 Å². The maximum absolute atomic E-state index is 9.88. The first-order valence-corrected chi connectivity index (χ1v) is 7.01. The third-order valence-corrected chi connectivity index (χ3v) is 4.20. The molecule has 3 rings (SSSR count). The van der Waals surface area contributed by atoms with Crippen LogP contribution in [0.5, 0.6) is 0 Å². The quantitative estimate of drug-likeness (QED) is 0.869. The Labute approximate surface area is 108 Å². The second-order valence-corrected chi connectivity index (χ2v) is 5.58. The summed E-state index contributed by atoms with van der Waals surface area (Å²) >= 11 is 0. The molecule has 1 aliphatic carbocycles. The Morgan fingerprint density at radius 2 is 2.00 bits per heavy atom. The number of nitrogens with zero attached hydrogens (tertiary/aromatic N) is 1. The Kier molecular flexibility index (Phi) is 3.13. The van der Waals surface area contributed by atoms with Crippen molar-refractivity contribution < 1.29 is 5.11 Å². The summed E-state index contributed by atoms with van der Waals surface area (Å²) in [7, 11) is 0. The van der Waals surface area contributed by atoms with Crippen LogP contribution in [0.15, 0.2) is 30.5 Å². The van der Waals surface area contributed by atoms with E-state index in [1.807, 2.05) is 13.0 Å². The summed E-state index contributed by atoms with van der Waals surface area (Å²) in [5.41, 5.74) is 2.32. The van der Waals surface area contributed by atoms with E-state index >= 15 is 0 Å². The largest absolute Gasteiger partial charge is 0.389 e. The van der Waals surface area contributed by atoms with Gasteiger partial charge in [0.25, 0.3) is 0 Å². The molecule has 1 atom stereocenters. The highest BCUT2D eigenvalue weighted by molar-refractivity contribution is 5.84. The van der Waals surface area contributed by atoms with E-state index in [4.69, 9.17) is 0 Å². The first-order chi connectivity index (χ1) is 8.75. The molecule has 1 heterocycles. The summed E-state index contributed by atoms with van der Waals surface area (Å²) in [4.78, 5) is 0. The average molecular weight is 243 g/mol. The van der Waals surface area contributed by atoms with Crippen LogP contribution < -0.4 is 0 Å². The predicted octanol–water partition coefficient (Wildman–Crippen LogP) is 3.88. The SMILES string of the molecule is CC(O)c1cn(CC2CCCC2)c2ccccc12. The molecule has 0 spiro atoms. The van der Waals surface area contributed by atoms with Crippen molar-refractivity contribution in [3.63, 3.8) is 0 Å². The van der Waals surface area contributed by atoms with Gasteiger partial charge in [0, 0.05) is 29.2 Å². The fraction of sp³-hybridized carbons (Fsp3) is 0.500. The highest BCUT2D eigenvalue weighted by Gasteiger charge is 2.18. The molecule has 0 saturated heterocycles. The Balaban J connectivity index is 2.00. The molecule has 1 aliphatic rings. The molecule has 1 unspecified atom stereocenters. The number of hydrogen-bond acceptors (Lipinski definition) is 1. The monoisotopic (exact) mass is 243 g/mol. The molecule has 0 radical (unpaired) electrons. The molecule has 0 aliphatic heterocycles. The van der Waals surface area contributed by atoms with E-state index in [1.165, 1.54) is 36.6 Å². The number of aliphatic hydroxyl groups excluding tert-OH is 1. The van der Waals surface area contributed by atoms with Crippen LogP contribution in [0.2, 0.25) is 0 Å². The number of para-hydroxylation sites is 1. The van der Waals surface area contributed by atoms with Gasteiger partial charge in [0.2, 0.25) is 0 Å². The van der Waals surface area contributed by atoms with Gasteiger partial charge in [-0.3, -0.25) is 0 Å². The van der Waals surface area contributed by atoms with Gasteiger partial charge in [-0.15, -0.1) is 0 Å². The molecule has 2 aromatic rings. The van der Waals surface area contributed by atoms with Crippen LogP contribution >= 0.6 is 0 Å². The average Bonchev–Trinajstić information content (AvgIpc) is 2.98. The lowest BCUT2D eigenvalue weighted by atomic mass is 10.1. The molecule has 1 N–H and O–H groups in total. The van der Waals surface area contributed by atoms with Crippen molar-refractivity contribution in [1.82, 2.24) is 4.57 Å². The van der Waals surface area contributed by atoms with E-state index in [1.54, 1.807) is 0 Å². The van der Waals surface area contributed by atoms with Crippen molar-refractivity contribution in [3.8, 4) is 0 Å². The fourth-order valence-electron chi connectivity index (χ4n) is 3.23. The first-order valence-electron chi connectivity index (χ1n) is 7.01. The van der Waals surface area contributed by atoms with Crippen LogP contribution in [-0.4, -0.2) is 9.67 Å². The Morgan fingerprint density at radius 3 is 2.72 bits per heavy atom. The maximum Gasteiger partial charge on any atom is 0.0782 e. The van der Waals surface area contributed by atoms with Crippen LogP contribution in [0.1, 0.15) is 44.3 Å². The van der Waals surface area contributed by atoms with Crippen molar-refractivity contribution in [2.24, 2.45) is 5.92 Å². The minimum atomic E-state index is -0.389. The molecule has 1 fully saturated rings. The molecule has 0 bridgehead atoms. The van der Waals surface area contributed by atoms with Gasteiger partial charge in [0.05, 0.1) is 6.10 Å². The van der Waals surface area contributed by atoms with Crippen LogP contribution in [0.3, 0.4) is 0 Å². The van der Waals surface area contributed by atoms with Gasteiger partial charge in [-0.2, -0.15) is 0 Å². The van der Waals surface area contributed by atoms with Gasteiger partial charge < -0.3 is 9.67 Å². The van der Waals surface area contributed by atoms with E-state index in [0.29, 0.717) is 0 Å². The third kappa shape index (κ3) is 2.05. The molecular weight excluding hydrogens is 222 g/mol. The highest BCUT2D eigenvalue weighted by atomic mass is 16.3. The number of benzene rings is 1. The van der Waals surface area contributed by atoms with Gasteiger partial charge in [-0.05, 0) is 31.7 Å². The molecule has 1 aromatic heterocycles. The van der Waals surface area contributed by atoms with Crippen molar-refractivity contribution in [3.05, 3.63) is 36.0 Å². The molecule has 96 valence electrons. The van der Waals surface area contributed by atoms with E-state index in [9.17, 15) is 5.11 Å².